The molecule has 1 heterocycles. The third kappa shape index (κ3) is 3.67. The van der Waals surface area contributed by atoms with Crippen molar-refractivity contribution in [1.29, 1.82) is 0 Å². The molecule has 1 aliphatic carbocycles. The maximum absolute atomic E-state index is 11.6. The van der Waals surface area contributed by atoms with Crippen LogP contribution in [0.2, 0.25) is 0 Å². The van der Waals surface area contributed by atoms with Gasteiger partial charge in [-0.25, -0.2) is 9.78 Å². The Bertz CT molecular complexity index is 434. The van der Waals surface area contributed by atoms with Crippen molar-refractivity contribution in [2.45, 2.75) is 31.7 Å². The summed E-state index contributed by atoms with van der Waals surface area (Å²) in [5.41, 5.74) is 0. The van der Waals surface area contributed by atoms with E-state index >= 15 is 0 Å². The standard InChI is InChI=1S/C11H17N5O3/c17-10(18)7-2-1-3-8(7)15-11(19)12-5-4-9-13-6-14-16-9/h6-8H,1-5H2,(H,17,18)(H2,12,15,19)(H,13,14,16). The zero-order valence-electron chi connectivity index (χ0n) is 10.4. The van der Waals surface area contributed by atoms with Crippen LogP contribution in [0.3, 0.4) is 0 Å². The van der Waals surface area contributed by atoms with E-state index < -0.39 is 11.9 Å². The first-order chi connectivity index (χ1) is 9.16. The van der Waals surface area contributed by atoms with Gasteiger partial charge in [-0.2, -0.15) is 5.10 Å². The van der Waals surface area contributed by atoms with E-state index in [9.17, 15) is 9.59 Å². The molecule has 0 saturated heterocycles. The zero-order chi connectivity index (χ0) is 13.7. The van der Waals surface area contributed by atoms with E-state index in [-0.39, 0.29) is 12.1 Å². The van der Waals surface area contributed by atoms with Crippen molar-refractivity contribution in [3.05, 3.63) is 12.2 Å². The van der Waals surface area contributed by atoms with E-state index in [2.05, 4.69) is 25.8 Å². The smallest absolute Gasteiger partial charge is 0.315 e. The van der Waals surface area contributed by atoms with E-state index in [4.69, 9.17) is 5.11 Å². The fourth-order valence-electron chi connectivity index (χ4n) is 2.29. The van der Waals surface area contributed by atoms with Crippen LogP contribution in [-0.4, -0.2) is 44.9 Å². The van der Waals surface area contributed by atoms with Crippen molar-refractivity contribution in [1.82, 2.24) is 25.8 Å². The third-order valence-corrected chi connectivity index (χ3v) is 3.26. The quantitative estimate of drug-likeness (QED) is 0.593. The van der Waals surface area contributed by atoms with E-state index in [1.54, 1.807) is 0 Å². The molecule has 8 nitrogen and oxygen atoms in total. The van der Waals surface area contributed by atoms with Gasteiger partial charge in [0.15, 0.2) is 0 Å². The molecule has 2 unspecified atom stereocenters. The van der Waals surface area contributed by atoms with Crippen LogP contribution in [0.25, 0.3) is 0 Å². The molecule has 1 aromatic heterocycles. The second-order valence-corrected chi connectivity index (χ2v) is 4.56. The zero-order valence-corrected chi connectivity index (χ0v) is 10.4. The molecule has 2 atom stereocenters. The van der Waals surface area contributed by atoms with Gasteiger partial charge >= 0.3 is 12.0 Å². The minimum Gasteiger partial charge on any atom is -0.481 e. The van der Waals surface area contributed by atoms with Crippen molar-refractivity contribution in [2.75, 3.05) is 6.54 Å². The van der Waals surface area contributed by atoms with Crippen LogP contribution >= 0.6 is 0 Å². The second-order valence-electron chi connectivity index (χ2n) is 4.56. The molecule has 1 saturated carbocycles. The summed E-state index contributed by atoms with van der Waals surface area (Å²) in [4.78, 5) is 26.5. The maximum Gasteiger partial charge on any atom is 0.315 e. The highest BCUT2D eigenvalue weighted by atomic mass is 16.4. The minimum absolute atomic E-state index is 0.275. The first kappa shape index (κ1) is 13.3. The predicted octanol–water partition coefficient (Wildman–Crippen LogP) is -0.100. The Morgan fingerprint density at radius 1 is 1.47 bits per heavy atom. The first-order valence-corrected chi connectivity index (χ1v) is 6.28. The number of hydrogen-bond donors (Lipinski definition) is 4. The van der Waals surface area contributed by atoms with Crippen LogP contribution < -0.4 is 10.6 Å². The summed E-state index contributed by atoms with van der Waals surface area (Å²) < 4.78 is 0. The number of carbonyl (C=O) groups excluding carboxylic acids is 1. The van der Waals surface area contributed by atoms with Gasteiger partial charge in [0.25, 0.3) is 0 Å². The number of rotatable bonds is 5. The number of amides is 2. The van der Waals surface area contributed by atoms with Gasteiger partial charge in [0, 0.05) is 19.0 Å². The van der Waals surface area contributed by atoms with Crippen molar-refractivity contribution < 1.29 is 14.7 Å². The molecule has 1 fully saturated rings. The van der Waals surface area contributed by atoms with E-state index in [0.717, 1.165) is 6.42 Å². The first-order valence-electron chi connectivity index (χ1n) is 6.28. The number of aromatic nitrogens is 3. The van der Waals surface area contributed by atoms with E-state index in [1.807, 2.05) is 0 Å². The number of H-pyrrole nitrogens is 1. The van der Waals surface area contributed by atoms with Gasteiger partial charge in [0.1, 0.15) is 12.2 Å². The monoisotopic (exact) mass is 267 g/mol. The number of carboxylic acids is 1. The van der Waals surface area contributed by atoms with Crippen LogP contribution in [-0.2, 0) is 11.2 Å². The summed E-state index contributed by atoms with van der Waals surface area (Å²) in [6.07, 6.45) is 4.14. The number of aromatic amines is 1. The molecule has 0 spiro atoms. The molecule has 0 radical (unpaired) electrons. The fraction of sp³-hybridized carbons (Fsp3) is 0.636. The van der Waals surface area contributed by atoms with Crippen molar-refractivity contribution in [3.63, 3.8) is 0 Å². The minimum atomic E-state index is -0.843. The molecule has 2 rings (SSSR count). The summed E-state index contributed by atoms with van der Waals surface area (Å²) in [7, 11) is 0. The molecule has 8 heteroatoms. The van der Waals surface area contributed by atoms with Gasteiger partial charge in [-0.1, -0.05) is 6.42 Å². The lowest BCUT2D eigenvalue weighted by Gasteiger charge is -2.17. The van der Waals surface area contributed by atoms with Crippen LogP contribution in [0.1, 0.15) is 25.1 Å². The molecule has 104 valence electrons. The third-order valence-electron chi connectivity index (χ3n) is 3.26. The topological polar surface area (TPSA) is 120 Å². The summed E-state index contributed by atoms with van der Waals surface area (Å²) in [5, 5.41) is 20.8. The van der Waals surface area contributed by atoms with Crippen LogP contribution in [0.5, 0.6) is 0 Å². The molecule has 1 aromatic rings. The van der Waals surface area contributed by atoms with Crippen LogP contribution in [0, 0.1) is 5.92 Å². The Hall–Kier alpha value is -2.12. The number of urea groups is 1. The average molecular weight is 267 g/mol. The Labute approximate surface area is 110 Å². The molecular formula is C11H17N5O3. The van der Waals surface area contributed by atoms with Gasteiger partial charge < -0.3 is 15.7 Å². The van der Waals surface area contributed by atoms with Gasteiger partial charge in [-0.15, -0.1) is 0 Å². The largest absolute Gasteiger partial charge is 0.481 e. The molecule has 1 aliphatic rings. The molecular weight excluding hydrogens is 250 g/mol. The van der Waals surface area contributed by atoms with E-state index in [1.165, 1.54) is 6.33 Å². The SMILES string of the molecule is O=C(NCCc1ncn[nH]1)NC1CCCC1C(=O)O. The Balaban J connectivity index is 1.70. The van der Waals surface area contributed by atoms with Crippen molar-refractivity contribution >= 4 is 12.0 Å². The lowest BCUT2D eigenvalue weighted by Crippen LogP contribution is -2.45. The molecule has 19 heavy (non-hydrogen) atoms. The highest BCUT2D eigenvalue weighted by Crippen LogP contribution is 2.25. The van der Waals surface area contributed by atoms with Gasteiger partial charge in [0.05, 0.1) is 5.92 Å². The highest BCUT2D eigenvalue weighted by molar-refractivity contribution is 5.77. The van der Waals surface area contributed by atoms with Crippen molar-refractivity contribution in [2.24, 2.45) is 5.92 Å². The summed E-state index contributed by atoms with van der Waals surface area (Å²) in [6, 6.07) is -0.611. The highest BCUT2D eigenvalue weighted by Gasteiger charge is 2.33. The molecule has 4 N–H and O–H groups in total. The van der Waals surface area contributed by atoms with Gasteiger partial charge in [0.2, 0.25) is 0 Å². The van der Waals surface area contributed by atoms with Crippen LogP contribution in [0.15, 0.2) is 6.33 Å². The van der Waals surface area contributed by atoms with Crippen LogP contribution in [0.4, 0.5) is 4.79 Å². The summed E-state index contributed by atoms with van der Waals surface area (Å²) in [6.45, 7) is 0.422. The number of aliphatic carboxylic acids is 1. The number of carboxylic acid groups (broad SMARTS) is 1. The summed E-state index contributed by atoms with van der Waals surface area (Å²) >= 11 is 0. The Kier molecular flexibility index (Phi) is 4.32. The Morgan fingerprint density at radius 2 is 2.32 bits per heavy atom. The number of hydrogen-bond acceptors (Lipinski definition) is 4. The van der Waals surface area contributed by atoms with Gasteiger partial charge in [-0.3, -0.25) is 9.89 Å². The fourth-order valence-corrected chi connectivity index (χ4v) is 2.29. The lowest BCUT2D eigenvalue weighted by molar-refractivity contribution is -0.142. The average Bonchev–Trinajstić information content (AvgIpc) is 2.99. The normalized spacial score (nSPS) is 22.1. The number of carbonyl (C=O) groups is 2. The van der Waals surface area contributed by atoms with Gasteiger partial charge in [-0.05, 0) is 12.8 Å². The van der Waals surface area contributed by atoms with E-state index in [0.29, 0.717) is 31.6 Å². The molecule has 0 aromatic carbocycles. The second kappa shape index (κ2) is 6.17. The number of nitrogens with zero attached hydrogens (tertiary/aromatic N) is 2. The molecule has 0 bridgehead atoms. The van der Waals surface area contributed by atoms with Crippen molar-refractivity contribution in [3.8, 4) is 0 Å². The maximum atomic E-state index is 11.6. The number of nitrogens with one attached hydrogen (secondary N) is 3. The Morgan fingerprint density at radius 3 is 3.00 bits per heavy atom. The predicted molar refractivity (Wildman–Crippen MR) is 65.4 cm³/mol. The molecule has 2 amide bonds. The lowest BCUT2D eigenvalue weighted by atomic mass is 10.0. The summed E-state index contributed by atoms with van der Waals surface area (Å²) in [5.74, 6) is -0.617. The molecule has 0 aliphatic heterocycles.